The Morgan fingerprint density at radius 1 is 1.12 bits per heavy atom. The number of sulfonamides is 1. The van der Waals surface area contributed by atoms with Crippen molar-refractivity contribution in [3.05, 3.63) is 53.8 Å². The fraction of sp³-hybridized carbons (Fsp3) is 0.250. The molecule has 0 spiro atoms. The van der Waals surface area contributed by atoms with Crippen molar-refractivity contribution in [2.75, 3.05) is 18.0 Å². The Balaban J connectivity index is 2.51. The quantitative estimate of drug-likeness (QED) is 0.738. The average Bonchev–Trinajstić information content (AvgIpc) is 2.54. The van der Waals surface area contributed by atoms with E-state index in [1.807, 2.05) is 0 Å². The van der Waals surface area contributed by atoms with Gasteiger partial charge in [0, 0.05) is 6.54 Å². The zero-order chi connectivity index (χ0) is 18.8. The molecular weight excluding hydrogens is 362 g/mol. The van der Waals surface area contributed by atoms with E-state index in [1.54, 1.807) is 0 Å². The molecule has 0 radical (unpaired) electrons. The summed E-state index contributed by atoms with van der Waals surface area (Å²) in [5, 5.41) is 0. The summed E-state index contributed by atoms with van der Waals surface area (Å²) in [5.74, 6) is -1.02. The zero-order valence-electron chi connectivity index (χ0n) is 13.3. The number of ether oxygens (including phenoxy) is 1. The summed E-state index contributed by atoms with van der Waals surface area (Å²) in [6.07, 6.45) is -4.61. The maximum atomic E-state index is 13.8. The van der Waals surface area contributed by atoms with E-state index in [0.717, 1.165) is 40.7 Å². The molecular formula is C16H15F4NO3S. The lowest BCUT2D eigenvalue weighted by molar-refractivity contribution is -0.137. The third-order valence-corrected chi connectivity index (χ3v) is 5.36. The highest BCUT2D eigenvalue weighted by atomic mass is 32.2. The van der Waals surface area contributed by atoms with Gasteiger partial charge in [0.15, 0.2) is 11.6 Å². The highest BCUT2D eigenvalue weighted by Crippen LogP contribution is 2.33. The van der Waals surface area contributed by atoms with Gasteiger partial charge in [0.05, 0.1) is 23.3 Å². The lowest BCUT2D eigenvalue weighted by Crippen LogP contribution is -2.31. The third kappa shape index (κ3) is 3.87. The Bertz CT molecular complexity index is 866. The maximum Gasteiger partial charge on any atom is 0.416 e. The molecule has 0 bridgehead atoms. The van der Waals surface area contributed by atoms with Gasteiger partial charge < -0.3 is 4.74 Å². The molecule has 0 heterocycles. The second-order valence-corrected chi connectivity index (χ2v) is 6.88. The molecule has 136 valence electrons. The number of alkyl halides is 3. The van der Waals surface area contributed by atoms with Crippen LogP contribution in [0.2, 0.25) is 0 Å². The first kappa shape index (κ1) is 19.0. The highest BCUT2D eigenvalue weighted by molar-refractivity contribution is 7.92. The normalized spacial score (nSPS) is 12.1. The van der Waals surface area contributed by atoms with Gasteiger partial charge in [0.1, 0.15) is 0 Å². The minimum absolute atomic E-state index is 0.128. The van der Waals surface area contributed by atoms with Crippen LogP contribution in [0.5, 0.6) is 5.75 Å². The predicted octanol–water partition coefficient (Wildman–Crippen LogP) is 4.07. The molecule has 0 saturated heterocycles. The first-order valence-corrected chi connectivity index (χ1v) is 8.58. The lowest BCUT2D eigenvalue weighted by Gasteiger charge is -2.24. The van der Waals surface area contributed by atoms with E-state index in [-0.39, 0.29) is 22.9 Å². The molecule has 2 rings (SSSR count). The van der Waals surface area contributed by atoms with Crippen LogP contribution in [0.3, 0.4) is 0 Å². The molecule has 0 aromatic heterocycles. The van der Waals surface area contributed by atoms with Crippen molar-refractivity contribution in [3.63, 3.8) is 0 Å². The second kappa shape index (κ2) is 6.91. The Morgan fingerprint density at radius 3 is 2.32 bits per heavy atom. The van der Waals surface area contributed by atoms with Crippen molar-refractivity contribution in [2.24, 2.45) is 0 Å². The van der Waals surface area contributed by atoms with Crippen LogP contribution in [0.1, 0.15) is 12.5 Å². The molecule has 9 heteroatoms. The Morgan fingerprint density at radius 2 is 1.80 bits per heavy atom. The SMILES string of the molecule is CCN(c1cccc(C(F)(F)F)c1)S(=O)(=O)c1ccc(OC)c(F)c1. The molecule has 25 heavy (non-hydrogen) atoms. The van der Waals surface area contributed by atoms with E-state index in [0.29, 0.717) is 0 Å². The molecule has 0 aliphatic carbocycles. The summed E-state index contributed by atoms with van der Waals surface area (Å²) in [6, 6.07) is 6.99. The number of nitrogens with zero attached hydrogens (tertiary/aromatic N) is 1. The average molecular weight is 377 g/mol. The highest BCUT2D eigenvalue weighted by Gasteiger charge is 2.32. The number of halogens is 4. The molecule has 0 aliphatic heterocycles. The molecule has 0 N–H and O–H groups in total. The summed E-state index contributed by atoms with van der Waals surface area (Å²) in [5.41, 5.74) is -1.13. The molecule has 0 saturated carbocycles. The third-order valence-electron chi connectivity index (χ3n) is 3.46. The van der Waals surface area contributed by atoms with Gasteiger partial charge in [-0.1, -0.05) is 6.07 Å². The Labute approximate surface area is 142 Å². The Hall–Kier alpha value is -2.29. The fourth-order valence-electron chi connectivity index (χ4n) is 2.26. The van der Waals surface area contributed by atoms with E-state index < -0.39 is 27.6 Å². The fourth-order valence-corrected chi connectivity index (χ4v) is 3.74. The summed E-state index contributed by atoms with van der Waals surface area (Å²) in [7, 11) is -3.01. The van der Waals surface area contributed by atoms with E-state index in [1.165, 1.54) is 20.1 Å². The zero-order valence-corrected chi connectivity index (χ0v) is 14.2. The Kier molecular flexibility index (Phi) is 5.26. The van der Waals surface area contributed by atoms with Crippen LogP contribution in [0.15, 0.2) is 47.4 Å². The van der Waals surface area contributed by atoms with E-state index in [9.17, 15) is 26.0 Å². The lowest BCUT2D eigenvalue weighted by atomic mass is 10.2. The molecule has 0 amide bonds. The topological polar surface area (TPSA) is 46.6 Å². The molecule has 4 nitrogen and oxygen atoms in total. The van der Waals surface area contributed by atoms with Crippen molar-refractivity contribution in [2.45, 2.75) is 18.0 Å². The smallest absolute Gasteiger partial charge is 0.416 e. The maximum absolute atomic E-state index is 13.8. The first-order valence-electron chi connectivity index (χ1n) is 7.14. The summed E-state index contributed by atoms with van der Waals surface area (Å²) >= 11 is 0. The van der Waals surface area contributed by atoms with E-state index in [2.05, 4.69) is 0 Å². The van der Waals surface area contributed by atoms with Crippen molar-refractivity contribution in [3.8, 4) is 5.75 Å². The van der Waals surface area contributed by atoms with E-state index >= 15 is 0 Å². The largest absolute Gasteiger partial charge is 0.494 e. The molecule has 0 fully saturated rings. The van der Waals surface area contributed by atoms with Gasteiger partial charge in [-0.05, 0) is 43.3 Å². The minimum Gasteiger partial charge on any atom is -0.494 e. The summed E-state index contributed by atoms with van der Waals surface area (Å²) in [6.45, 7) is 1.34. The van der Waals surface area contributed by atoms with Crippen LogP contribution < -0.4 is 9.04 Å². The van der Waals surface area contributed by atoms with Crippen molar-refractivity contribution >= 4 is 15.7 Å². The van der Waals surface area contributed by atoms with Crippen molar-refractivity contribution in [1.82, 2.24) is 0 Å². The van der Waals surface area contributed by atoms with Crippen molar-refractivity contribution < 1.29 is 30.7 Å². The predicted molar refractivity (Wildman–Crippen MR) is 84.6 cm³/mol. The molecule has 0 aliphatic rings. The van der Waals surface area contributed by atoms with Crippen LogP contribution >= 0.6 is 0 Å². The monoisotopic (exact) mass is 377 g/mol. The van der Waals surface area contributed by atoms with Gasteiger partial charge in [-0.15, -0.1) is 0 Å². The van der Waals surface area contributed by atoms with Crippen molar-refractivity contribution in [1.29, 1.82) is 0 Å². The molecule has 0 atom stereocenters. The van der Waals surface area contributed by atoms with Crippen LogP contribution in [0, 0.1) is 5.82 Å². The van der Waals surface area contributed by atoms with Gasteiger partial charge in [-0.25, -0.2) is 12.8 Å². The number of rotatable bonds is 5. The molecule has 0 unspecified atom stereocenters. The van der Waals surface area contributed by atoms with Crippen LogP contribution in [-0.4, -0.2) is 22.1 Å². The standard InChI is InChI=1S/C16H15F4NO3S/c1-3-21(12-6-4-5-11(9-12)16(18,19)20)25(22,23)13-7-8-15(24-2)14(17)10-13/h4-10H,3H2,1-2H3. The van der Waals surface area contributed by atoms with Crippen LogP contribution in [0.25, 0.3) is 0 Å². The van der Waals surface area contributed by atoms with Gasteiger partial charge in [0.2, 0.25) is 0 Å². The summed E-state index contributed by atoms with van der Waals surface area (Å²) in [4.78, 5) is -0.384. The van der Waals surface area contributed by atoms with Crippen LogP contribution in [-0.2, 0) is 16.2 Å². The number of anilines is 1. The molecule has 2 aromatic carbocycles. The van der Waals surface area contributed by atoms with Gasteiger partial charge in [-0.2, -0.15) is 13.2 Å². The first-order chi connectivity index (χ1) is 11.6. The van der Waals surface area contributed by atoms with Crippen LogP contribution in [0.4, 0.5) is 23.2 Å². The van der Waals surface area contributed by atoms with Gasteiger partial charge >= 0.3 is 6.18 Å². The van der Waals surface area contributed by atoms with E-state index in [4.69, 9.17) is 4.74 Å². The van der Waals surface area contributed by atoms with Gasteiger partial charge in [0.25, 0.3) is 10.0 Å². The minimum atomic E-state index is -4.61. The number of methoxy groups -OCH3 is 1. The molecule has 2 aromatic rings. The number of hydrogen-bond acceptors (Lipinski definition) is 3. The second-order valence-electron chi connectivity index (χ2n) is 5.01. The van der Waals surface area contributed by atoms with Gasteiger partial charge in [-0.3, -0.25) is 4.31 Å². The summed E-state index contributed by atoms with van der Waals surface area (Å²) < 4.78 is 83.3. The number of benzene rings is 2. The number of hydrogen-bond donors (Lipinski definition) is 0.